The number of nitrogens with one attached hydrogen (secondary N) is 1. The highest BCUT2D eigenvalue weighted by Gasteiger charge is 2.06. The Morgan fingerprint density at radius 2 is 1.95 bits per heavy atom. The highest BCUT2D eigenvalue weighted by atomic mass is 35.5. The van der Waals surface area contributed by atoms with Crippen LogP contribution in [0, 0.1) is 0 Å². The molecule has 1 heterocycles. The second-order valence-electron chi connectivity index (χ2n) is 4.64. The molecule has 0 bridgehead atoms. The van der Waals surface area contributed by atoms with Crippen LogP contribution in [0.15, 0.2) is 18.3 Å². The number of aromatic nitrogens is 1. The molecule has 0 spiro atoms. The molecule has 1 aromatic heterocycles. The predicted octanol–water partition coefficient (Wildman–Crippen LogP) is 2.84. The number of nitrogens with zero attached hydrogens (tertiary/aromatic N) is 2. The van der Waals surface area contributed by atoms with E-state index in [2.05, 4.69) is 29.0 Å². The van der Waals surface area contributed by atoms with Gasteiger partial charge in [0.25, 0.3) is 0 Å². The molecule has 1 amide bonds. The maximum Gasteiger partial charge on any atom is 0.224 e. The lowest BCUT2D eigenvalue weighted by Gasteiger charge is -2.19. The fourth-order valence-corrected chi connectivity index (χ4v) is 1.78. The smallest absolute Gasteiger partial charge is 0.224 e. The molecule has 0 aliphatic rings. The van der Waals surface area contributed by atoms with Gasteiger partial charge in [0.15, 0.2) is 0 Å². The van der Waals surface area contributed by atoms with Crippen molar-refractivity contribution in [2.45, 2.75) is 39.7 Å². The SMILES string of the molecule is CCN(CC)c1ccc(NC(=O)CCC(C)N)cn1.Cl.Cl. The van der Waals surface area contributed by atoms with Crippen molar-refractivity contribution in [1.82, 2.24) is 4.98 Å². The molecule has 0 fully saturated rings. The fraction of sp³-hybridized carbons (Fsp3) is 0.571. The van der Waals surface area contributed by atoms with Crippen molar-refractivity contribution < 1.29 is 4.79 Å². The van der Waals surface area contributed by atoms with Gasteiger partial charge in [-0.15, -0.1) is 24.8 Å². The number of hydrogen-bond donors (Lipinski definition) is 2. The van der Waals surface area contributed by atoms with Crippen LogP contribution in [0.3, 0.4) is 0 Å². The molecule has 122 valence electrons. The number of carbonyl (C=O) groups excluding carboxylic acids is 1. The molecule has 0 aromatic carbocycles. The van der Waals surface area contributed by atoms with Gasteiger partial charge >= 0.3 is 0 Å². The normalized spacial score (nSPS) is 10.9. The van der Waals surface area contributed by atoms with E-state index in [1.165, 1.54) is 0 Å². The number of rotatable bonds is 7. The lowest BCUT2D eigenvalue weighted by atomic mass is 10.2. The van der Waals surface area contributed by atoms with Crippen LogP contribution < -0.4 is 16.0 Å². The Balaban J connectivity index is 0. The minimum Gasteiger partial charge on any atom is -0.357 e. The third kappa shape index (κ3) is 8.09. The van der Waals surface area contributed by atoms with E-state index in [1.807, 2.05) is 19.1 Å². The second-order valence-corrected chi connectivity index (χ2v) is 4.64. The van der Waals surface area contributed by atoms with Crippen LogP contribution in [-0.4, -0.2) is 30.0 Å². The molecule has 5 nitrogen and oxygen atoms in total. The van der Waals surface area contributed by atoms with E-state index >= 15 is 0 Å². The fourth-order valence-electron chi connectivity index (χ4n) is 1.78. The van der Waals surface area contributed by atoms with Crippen molar-refractivity contribution >= 4 is 42.2 Å². The number of pyridine rings is 1. The van der Waals surface area contributed by atoms with Gasteiger partial charge in [-0.2, -0.15) is 0 Å². The van der Waals surface area contributed by atoms with Crippen LogP contribution in [0.25, 0.3) is 0 Å². The molecule has 1 atom stereocenters. The molecule has 0 saturated carbocycles. The molecule has 1 unspecified atom stereocenters. The molecule has 0 saturated heterocycles. The van der Waals surface area contributed by atoms with Gasteiger partial charge in [0.1, 0.15) is 5.82 Å². The lowest BCUT2D eigenvalue weighted by molar-refractivity contribution is -0.116. The Labute approximate surface area is 139 Å². The third-order valence-electron chi connectivity index (χ3n) is 2.95. The Kier molecular flexibility index (Phi) is 12.3. The van der Waals surface area contributed by atoms with Crippen molar-refractivity contribution in [2.75, 3.05) is 23.3 Å². The monoisotopic (exact) mass is 336 g/mol. The van der Waals surface area contributed by atoms with E-state index < -0.39 is 0 Å². The van der Waals surface area contributed by atoms with Crippen LogP contribution >= 0.6 is 24.8 Å². The summed E-state index contributed by atoms with van der Waals surface area (Å²) in [5.41, 5.74) is 6.35. The highest BCUT2D eigenvalue weighted by molar-refractivity contribution is 5.90. The van der Waals surface area contributed by atoms with Gasteiger partial charge in [0, 0.05) is 25.6 Å². The van der Waals surface area contributed by atoms with Gasteiger partial charge in [-0.1, -0.05) is 0 Å². The second kappa shape index (κ2) is 11.6. The highest BCUT2D eigenvalue weighted by Crippen LogP contribution is 2.14. The molecule has 0 radical (unpaired) electrons. The molecular weight excluding hydrogens is 311 g/mol. The minimum absolute atomic E-state index is 0. The molecular formula is C14H26Cl2N4O. The van der Waals surface area contributed by atoms with Crippen LogP contribution in [0.4, 0.5) is 11.5 Å². The summed E-state index contributed by atoms with van der Waals surface area (Å²) in [5, 5.41) is 2.82. The number of amides is 1. The van der Waals surface area contributed by atoms with Crippen molar-refractivity contribution in [1.29, 1.82) is 0 Å². The Hall–Kier alpha value is -1.04. The summed E-state index contributed by atoms with van der Waals surface area (Å²) in [6, 6.07) is 3.85. The number of nitrogens with two attached hydrogens (primary N) is 1. The molecule has 3 N–H and O–H groups in total. The number of anilines is 2. The van der Waals surface area contributed by atoms with Crippen molar-refractivity contribution in [3.05, 3.63) is 18.3 Å². The van der Waals surface area contributed by atoms with Crippen molar-refractivity contribution in [3.8, 4) is 0 Å². The number of hydrogen-bond acceptors (Lipinski definition) is 4. The predicted molar refractivity (Wildman–Crippen MR) is 93.8 cm³/mol. The van der Waals surface area contributed by atoms with Gasteiger partial charge in [-0.05, 0) is 39.3 Å². The zero-order valence-electron chi connectivity index (χ0n) is 12.8. The average molecular weight is 337 g/mol. The van der Waals surface area contributed by atoms with Gasteiger partial charge in [0.2, 0.25) is 5.91 Å². The Morgan fingerprint density at radius 1 is 1.33 bits per heavy atom. The lowest BCUT2D eigenvalue weighted by Crippen LogP contribution is -2.23. The van der Waals surface area contributed by atoms with E-state index in [4.69, 9.17) is 5.73 Å². The van der Waals surface area contributed by atoms with Gasteiger partial charge in [-0.3, -0.25) is 4.79 Å². The first kappa shape index (κ1) is 22.2. The topological polar surface area (TPSA) is 71.2 Å². The number of carbonyl (C=O) groups is 1. The molecule has 0 aliphatic heterocycles. The molecule has 1 rings (SSSR count). The quantitative estimate of drug-likeness (QED) is 0.803. The average Bonchev–Trinajstić information content (AvgIpc) is 2.40. The summed E-state index contributed by atoms with van der Waals surface area (Å²) in [4.78, 5) is 18.2. The van der Waals surface area contributed by atoms with Crippen molar-refractivity contribution in [3.63, 3.8) is 0 Å². The molecule has 7 heteroatoms. The summed E-state index contributed by atoms with van der Waals surface area (Å²) in [5.74, 6) is 0.910. The first-order chi connectivity index (χ1) is 9.06. The summed E-state index contributed by atoms with van der Waals surface area (Å²) in [6.45, 7) is 7.92. The summed E-state index contributed by atoms with van der Waals surface area (Å²) >= 11 is 0. The zero-order chi connectivity index (χ0) is 14.3. The first-order valence-corrected chi connectivity index (χ1v) is 6.83. The van der Waals surface area contributed by atoms with Crippen LogP contribution in [0.1, 0.15) is 33.6 Å². The van der Waals surface area contributed by atoms with Crippen LogP contribution in [0.5, 0.6) is 0 Å². The minimum atomic E-state index is -0.0188. The third-order valence-corrected chi connectivity index (χ3v) is 2.95. The standard InChI is InChI=1S/C14H24N4O.2ClH/c1-4-18(5-2)13-8-7-12(10-16-13)17-14(19)9-6-11(3)15;;/h7-8,10-11H,4-6,9,15H2,1-3H3,(H,17,19);2*1H. The summed E-state index contributed by atoms with van der Waals surface area (Å²) in [6.07, 6.45) is 2.82. The maximum absolute atomic E-state index is 11.6. The first-order valence-electron chi connectivity index (χ1n) is 6.83. The summed E-state index contributed by atoms with van der Waals surface area (Å²) in [7, 11) is 0. The van der Waals surface area contributed by atoms with Crippen molar-refractivity contribution in [2.24, 2.45) is 5.73 Å². The Bertz CT molecular complexity index is 394. The number of halogens is 2. The van der Waals surface area contributed by atoms with Gasteiger partial charge in [0.05, 0.1) is 11.9 Å². The van der Waals surface area contributed by atoms with Gasteiger partial charge in [-0.25, -0.2) is 4.98 Å². The molecule has 21 heavy (non-hydrogen) atoms. The van der Waals surface area contributed by atoms with E-state index in [0.717, 1.165) is 24.6 Å². The van der Waals surface area contributed by atoms with E-state index in [1.54, 1.807) is 6.20 Å². The van der Waals surface area contributed by atoms with Crippen LogP contribution in [-0.2, 0) is 4.79 Å². The molecule has 0 aliphatic carbocycles. The zero-order valence-corrected chi connectivity index (χ0v) is 14.5. The van der Waals surface area contributed by atoms with E-state index in [9.17, 15) is 4.79 Å². The Morgan fingerprint density at radius 3 is 2.38 bits per heavy atom. The largest absolute Gasteiger partial charge is 0.357 e. The van der Waals surface area contributed by atoms with Gasteiger partial charge < -0.3 is 16.0 Å². The van der Waals surface area contributed by atoms with Crippen LogP contribution in [0.2, 0.25) is 0 Å². The van der Waals surface area contributed by atoms with E-state index in [0.29, 0.717) is 12.8 Å². The van der Waals surface area contributed by atoms with E-state index in [-0.39, 0.29) is 36.8 Å². The maximum atomic E-state index is 11.6. The molecule has 1 aromatic rings. The summed E-state index contributed by atoms with van der Waals surface area (Å²) < 4.78 is 0.